The molecule has 0 spiro atoms. The third-order valence-electron chi connectivity index (χ3n) is 4.61. The van der Waals surface area contributed by atoms with E-state index in [-0.39, 0.29) is 36.8 Å². The van der Waals surface area contributed by atoms with Crippen LogP contribution in [0.15, 0.2) is 53.4 Å². The number of sulfonamides is 1. The summed E-state index contributed by atoms with van der Waals surface area (Å²) in [7, 11) is -0.943. The highest BCUT2D eigenvalue weighted by Gasteiger charge is 2.24. The predicted molar refractivity (Wildman–Crippen MR) is 118 cm³/mol. The Morgan fingerprint density at radius 2 is 1.74 bits per heavy atom. The van der Waals surface area contributed by atoms with Gasteiger partial charge in [0.1, 0.15) is 6.54 Å². The summed E-state index contributed by atoms with van der Waals surface area (Å²) < 4.78 is 37.3. The lowest BCUT2D eigenvalue weighted by molar-refractivity contribution is -0.143. The second kappa shape index (κ2) is 10.9. The lowest BCUT2D eigenvalue weighted by Crippen LogP contribution is -2.38. The van der Waals surface area contributed by atoms with Crippen molar-refractivity contribution in [2.45, 2.75) is 18.7 Å². The van der Waals surface area contributed by atoms with E-state index in [9.17, 15) is 18.0 Å². The number of methoxy groups -OCH3 is 1. The number of nitrogens with zero attached hydrogens (tertiary/aromatic N) is 2. The highest BCUT2D eigenvalue weighted by Crippen LogP contribution is 2.23. The molecule has 0 saturated carbocycles. The Kier molecular flexibility index (Phi) is 8.58. The van der Waals surface area contributed by atoms with E-state index in [1.807, 2.05) is 19.1 Å². The second-order valence-corrected chi connectivity index (χ2v) is 8.83. The van der Waals surface area contributed by atoms with E-state index in [0.717, 1.165) is 9.87 Å². The first-order valence-electron chi connectivity index (χ1n) is 9.80. The minimum absolute atomic E-state index is 0.0238. The van der Waals surface area contributed by atoms with Crippen molar-refractivity contribution in [1.29, 1.82) is 0 Å². The van der Waals surface area contributed by atoms with Crippen molar-refractivity contribution in [1.82, 2.24) is 4.90 Å². The molecule has 0 aliphatic heterocycles. The van der Waals surface area contributed by atoms with Gasteiger partial charge in [0.2, 0.25) is 0 Å². The van der Waals surface area contributed by atoms with Gasteiger partial charge in [0.25, 0.3) is 15.9 Å². The molecule has 0 heterocycles. The van der Waals surface area contributed by atoms with E-state index in [4.69, 9.17) is 9.47 Å². The van der Waals surface area contributed by atoms with Gasteiger partial charge in [-0.25, -0.2) is 8.42 Å². The van der Waals surface area contributed by atoms with Crippen LogP contribution in [0.2, 0.25) is 0 Å². The monoisotopic (exact) mass is 448 g/mol. The highest BCUT2D eigenvalue weighted by atomic mass is 32.2. The molecule has 8 nitrogen and oxygen atoms in total. The number of ether oxygens (including phenoxy) is 2. The Balaban J connectivity index is 2.31. The van der Waals surface area contributed by atoms with Crippen molar-refractivity contribution in [3.05, 3.63) is 59.7 Å². The summed E-state index contributed by atoms with van der Waals surface area (Å²) in [6, 6.07) is 12.8. The van der Waals surface area contributed by atoms with Crippen molar-refractivity contribution in [2.75, 3.05) is 44.8 Å². The molecule has 0 aliphatic carbocycles. The molecule has 9 heteroatoms. The lowest BCUT2D eigenvalue weighted by atomic mass is 10.2. The average molecular weight is 449 g/mol. The Hall–Kier alpha value is -2.91. The first-order chi connectivity index (χ1) is 14.7. The molecule has 0 saturated heterocycles. The number of carbonyl (C=O) groups excluding carboxylic acids is 2. The summed E-state index contributed by atoms with van der Waals surface area (Å²) in [5.74, 6) is -1.03. The number of rotatable bonds is 10. The smallest absolute Gasteiger partial charge is 0.325 e. The molecular formula is C22H28N2O6S. The van der Waals surface area contributed by atoms with Gasteiger partial charge in [0, 0.05) is 26.3 Å². The van der Waals surface area contributed by atoms with Crippen LogP contribution in [0, 0.1) is 6.92 Å². The minimum atomic E-state index is -3.89. The highest BCUT2D eigenvalue weighted by molar-refractivity contribution is 7.92. The van der Waals surface area contributed by atoms with Crippen LogP contribution in [0.25, 0.3) is 0 Å². The molecule has 0 bridgehead atoms. The maximum atomic E-state index is 13.1. The molecule has 2 aromatic rings. The van der Waals surface area contributed by atoms with Gasteiger partial charge in [-0.2, -0.15) is 0 Å². The predicted octanol–water partition coefficient (Wildman–Crippen LogP) is 2.47. The number of benzene rings is 2. The zero-order valence-corrected chi connectivity index (χ0v) is 19.0. The van der Waals surface area contributed by atoms with Gasteiger partial charge < -0.3 is 14.4 Å². The quantitative estimate of drug-likeness (QED) is 0.519. The molecule has 0 unspecified atom stereocenters. The molecule has 0 aliphatic rings. The number of esters is 1. The van der Waals surface area contributed by atoms with Gasteiger partial charge in [0.05, 0.1) is 23.8 Å². The van der Waals surface area contributed by atoms with Crippen LogP contribution < -0.4 is 4.31 Å². The third-order valence-corrected chi connectivity index (χ3v) is 6.40. The molecular weight excluding hydrogens is 420 g/mol. The van der Waals surface area contributed by atoms with Gasteiger partial charge in [-0.05, 0) is 44.2 Å². The van der Waals surface area contributed by atoms with Crippen LogP contribution in [-0.4, -0.2) is 65.7 Å². The molecule has 1 amide bonds. The molecule has 0 radical (unpaired) electrons. The van der Waals surface area contributed by atoms with Crippen LogP contribution >= 0.6 is 0 Å². The fourth-order valence-corrected chi connectivity index (χ4v) is 4.08. The van der Waals surface area contributed by atoms with Crippen LogP contribution in [0.4, 0.5) is 5.69 Å². The molecule has 2 rings (SSSR count). The minimum Gasteiger partial charge on any atom is -0.465 e. The van der Waals surface area contributed by atoms with Crippen molar-refractivity contribution in [3.63, 3.8) is 0 Å². The van der Waals surface area contributed by atoms with Gasteiger partial charge in [-0.3, -0.25) is 13.9 Å². The summed E-state index contributed by atoms with van der Waals surface area (Å²) >= 11 is 0. The van der Waals surface area contributed by atoms with E-state index in [0.29, 0.717) is 5.69 Å². The average Bonchev–Trinajstić information content (AvgIpc) is 2.76. The fourth-order valence-electron chi connectivity index (χ4n) is 2.84. The maximum Gasteiger partial charge on any atom is 0.325 e. The van der Waals surface area contributed by atoms with Gasteiger partial charge in [0.15, 0.2) is 0 Å². The zero-order chi connectivity index (χ0) is 23.0. The maximum absolute atomic E-state index is 13.1. The molecule has 2 aromatic carbocycles. The lowest BCUT2D eigenvalue weighted by Gasteiger charge is -2.23. The van der Waals surface area contributed by atoms with E-state index < -0.39 is 21.9 Å². The molecule has 0 atom stereocenters. The molecule has 31 heavy (non-hydrogen) atoms. The largest absolute Gasteiger partial charge is 0.465 e. The molecule has 0 N–H and O–H groups in total. The fraction of sp³-hybridized carbons (Fsp3) is 0.364. The number of hydrogen-bond acceptors (Lipinski definition) is 6. The number of carbonyl (C=O) groups is 2. The molecule has 0 fully saturated rings. The van der Waals surface area contributed by atoms with Gasteiger partial charge in [-0.15, -0.1) is 0 Å². The normalized spacial score (nSPS) is 11.1. The number of aryl methyl sites for hydroxylation is 1. The van der Waals surface area contributed by atoms with Crippen LogP contribution in [0.1, 0.15) is 22.8 Å². The summed E-state index contributed by atoms with van der Waals surface area (Å²) in [6.45, 7) is 3.92. The Labute approximate surface area is 183 Å². The van der Waals surface area contributed by atoms with E-state index in [1.165, 1.54) is 43.3 Å². The second-order valence-electron chi connectivity index (χ2n) is 6.86. The molecule has 168 valence electrons. The first-order valence-corrected chi connectivity index (χ1v) is 11.2. The number of hydrogen-bond donors (Lipinski definition) is 0. The summed E-state index contributed by atoms with van der Waals surface area (Å²) in [4.78, 5) is 26.1. The Bertz CT molecular complexity index is 1000. The zero-order valence-electron chi connectivity index (χ0n) is 18.2. The molecule has 0 aromatic heterocycles. The number of amides is 1. The van der Waals surface area contributed by atoms with Crippen LogP contribution in [0.3, 0.4) is 0 Å². The SMILES string of the molecule is CCOC(=O)CN(CCOC)C(=O)c1cccc(S(=O)(=O)N(C)c2ccc(C)cc2)c1. The number of anilines is 1. The van der Waals surface area contributed by atoms with Crippen LogP contribution in [-0.2, 0) is 24.3 Å². The van der Waals surface area contributed by atoms with Gasteiger partial charge in [-0.1, -0.05) is 23.8 Å². The van der Waals surface area contributed by atoms with E-state index in [1.54, 1.807) is 19.1 Å². The summed E-state index contributed by atoms with van der Waals surface area (Å²) in [5, 5.41) is 0. The first kappa shape index (κ1) is 24.4. The van der Waals surface area contributed by atoms with Crippen molar-refractivity contribution in [3.8, 4) is 0 Å². The topological polar surface area (TPSA) is 93.2 Å². The standard InChI is InChI=1S/C22H28N2O6S/c1-5-30-21(25)16-24(13-14-29-4)22(26)18-7-6-8-20(15-18)31(27,28)23(3)19-11-9-17(2)10-12-19/h6-12,15H,5,13-14,16H2,1-4H3. The summed E-state index contributed by atoms with van der Waals surface area (Å²) in [5.41, 5.74) is 1.67. The Morgan fingerprint density at radius 3 is 2.35 bits per heavy atom. The van der Waals surface area contributed by atoms with Crippen molar-refractivity contribution < 1.29 is 27.5 Å². The Morgan fingerprint density at radius 1 is 1.06 bits per heavy atom. The van der Waals surface area contributed by atoms with E-state index in [2.05, 4.69) is 0 Å². The van der Waals surface area contributed by atoms with E-state index >= 15 is 0 Å². The summed E-state index contributed by atoms with van der Waals surface area (Å²) in [6.07, 6.45) is 0. The third kappa shape index (κ3) is 6.28. The van der Waals surface area contributed by atoms with Gasteiger partial charge >= 0.3 is 5.97 Å². The van der Waals surface area contributed by atoms with Crippen molar-refractivity contribution in [2.24, 2.45) is 0 Å². The van der Waals surface area contributed by atoms with Crippen LogP contribution in [0.5, 0.6) is 0 Å². The van der Waals surface area contributed by atoms with Crippen molar-refractivity contribution >= 4 is 27.6 Å².